The highest BCUT2D eigenvalue weighted by molar-refractivity contribution is 7.89. The zero-order valence-corrected chi connectivity index (χ0v) is 16.8. The van der Waals surface area contributed by atoms with E-state index < -0.39 is 27.8 Å². The Morgan fingerprint density at radius 2 is 1.89 bits per heavy atom. The van der Waals surface area contributed by atoms with Gasteiger partial charge in [-0.15, -0.1) is 0 Å². The minimum Gasteiger partial charge on any atom is -0.379 e. The molecule has 0 bridgehead atoms. The second-order valence-electron chi connectivity index (χ2n) is 6.37. The third kappa shape index (κ3) is 4.35. The van der Waals surface area contributed by atoms with Crippen molar-refractivity contribution in [2.24, 2.45) is 0 Å². The molecule has 6 nitrogen and oxygen atoms in total. The summed E-state index contributed by atoms with van der Waals surface area (Å²) in [7, 11) is -3.84. The topological polar surface area (TPSA) is 75.7 Å². The quantitative estimate of drug-likeness (QED) is 0.797. The van der Waals surface area contributed by atoms with Gasteiger partial charge in [-0.3, -0.25) is 4.79 Å². The summed E-state index contributed by atoms with van der Waals surface area (Å²) >= 11 is 6.13. The highest BCUT2D eigenvalue weighted by Gasteiger charge is 2.28. The van der Waals surface area contributed by atoms with Gasteiger partial charge in [0, 0.05) is 18.1 Å². The molecule has 1 heterocycles. The van der Waals surface area contributed by atoms with Crippen molar-refractivity contribution in [3.63, 3.8) is 0 Å². The number of carbonyl (C=O) groups is 1. The summed E-state index contributed by atoms with van der Waals surface area (Å²) in [5.41, 5.74) is 0.336. The summed E-state index contributed by atoms with van der Waals surface area (Å²) in [5.74, 6) is -1.52. The van der Waals surface area contributed by atoms with E-state index in [1.54, 1.807) is 31.2 Å². The Balaban J connectivity index is 1.85. The number of morpholine rings is 1. The fourth-order valence-electron chi connectivity index (χ4n) is 2.95. The molecule has 0 saturated carbocycles. The normalized spacial score (nSPS) is 16.5. The van der Waals surface area contributed by atoms with E-state index in [0.717, 1.165) is 18.2 Å². The van der Waals surface area contributed by atoms with Crippen molar-refractivity contribution in [3.8, 4) is 0 Å². The van der Waals surface area contributed by atoms with Gasteiger partial charge in [0.2, 0.25) is 10.0 Å². The van der Waals surface area contributed by atoms with Crippen molar-refractivity contribution in [2.75, 3.05) is 26.3 Å². The Kier molecular flexibility index (Phi) is 6.34. The van der Waals surface area contributed by atoms with E-state index in [2.05, 4.69) is 5.32 Å². The molecule has 9 heteroatoms. The monoisotopic (exact) mass is 426 g/mol. The van der Waals surface area contributed by atoms with Gasteiger partial charge in [0.15, 0.2) is 0 Å². The molecule has 3 rings (SSSR count). The molecule has 0 spiro atoms. The van der Waals surface area contributed by atoms with Gasteiger partial charge in [-0.2, -0.15) is 4.31 Å². The third-order valence-corrected chi connectivity index (χ3v) is 6.75. The average molecular weight is 427 g/mol. The molecular weight excluding hydrogens is 407 g/mol. The summed E-state index contributed by atoms with van der Waals surface area (Å²) in [5, 5.41) is 3.13. The number of rotatable bonds is 5. The largest absolute Gasteiger partial charge is 0.379 e. The van der Waals surface area contributed by atoms with Crippen LogP contribution in [0.15, 0.2) is 47.4 Å². The van der Waals surface area contributed by atoms with Crippen LogP contribution < -0.4 is 5.32 Å². The van der Waals surface area contributed by atoms with Gasteiger partial charge in [0.05, 0.1) is 29.7 Å². The van der Waals surface area contributed by atoms with Gasteiger partial charge in [-0.1, -0.05) is 29.8 Å². The molecule has 1 fully saturated rings. The molecular formula is C19H20ClFN2O4S. The molecule has 1 N–H and O–H groups in total. The number of halogens is 2. The van der Waals surface area contributed by atoms with Gasteiger partial charge in [0.25, 0.3) is 5.91 Å². The Morgan fingerprint density at radius 1 is 1.21 bits per heavy atom. The smallest absolute Gasteiger partial charge is 0.254 e. The molecule has 0 aliphatic carbocycles. The van der Waals surface area contributed by atoms with E-state index in [1.165, 1.54) is 4.31 Å². The van der Waals surface area contributed by atoms with Crippen LogP contribution in [0.4, 0.5) is 4.39 Å². The minimum atomic E-state index is -3.84. The van der Waals surface area contributed by atoms with Crippen LogP contribution in [-0.2, 0) is 14.8 Å². The lowest BCUT2D eigenvalue weighted by molar-refractivity contribution is 0.0730. The summed E-state index contributed by atoms with van der Waals surface area (Å²) < 4.78 is 46.2. The summed E-state index contributed by atoms with van der Waals surface area (Å²) in [6.07, 6.45) is 0. The molecule has 2 aromatic carbocycles. The number of amides is 1. The molecule has 1 aliphatic heterocycles. The summed E-state index contributed by atoms with van der Waals surface area (Å²) in [4.78, 5) is 12.5. The van der Waals surface area contributed by atoms with Gasteiger partial charge >= 0.3 is 0 Å². The Hall–Kier alpha value is -2.00. The molecule has 1 saturated heterocycles. The van der Waals surface area contributed by atoms with Gasteiger partial charge < -0.3 is 10.1 Å². The lowest BCUT2D eigenvalue weighted by Crippen LogP contribution is -2.40. The number of sulfonamides is 1. The maximum atomic E-state index is 14.3. The van der Waals surface area contributed by atoms with E-state index >= 15 is 0 Å². The molecule has 1 aliphatic rings. The predicted octanol–water partition coefficient (Wildman–Crippen LogP) is 2.99. The van der Waals surface area contributed by atoms with Crippen molar-refractivity contribution in [2.45, 2.75) is 17.9 Å². The van der Waals surface area contributed by atoms with Crippen LogP contribution in [0.1, 0.15) is 28.9 Å². The van der Waals surface area contributed by atoms with Crippen LogP contribution >= 0.6 is 11.6 Å². The first-order chi connectivity index (χ1) is 13.3. The first-order valence-corrected chi connectivity index (χ1v) is 10.6. The highest BCUT2D eigenvalue weighted by Crippen LogP contribution is 2.24. The molecule has 1 atom stereocenters. The average Bonchev–Trinajstić information content (AvgIpc) is 2.69. The number of hydrogen-bond donors (Lipinski definition) is 1. The van der Waals surface area contributed by atoms with Gasteiger partial charge in [-0.25, -0.2) is 12.8 Å². The van der Waals surface area contributed by atoms with Crippen LogP contribution in [0.5, 0.6) is 0 Å². The van der Waals surface area contributed by atoms with E-state index in [1.807, 2.05) is 0 Å². The molecule has 0 aromatic heterocycles. The number of nitrogens with one attached hydrogen (secondary N) is 1. The van der Waals surface area contributed by atoms with E-state index in [9.17, 15) is 17.6 Å². The predicted molar refractivity (Wildman–Crippen MR) is 103 cm³/mol. The molecule has 1 unspecified atom stereocenters. The third-order valence-electron chi connectivity index (χ3n) is 4.51. The lowest BCUT2D eigenvalue weighted by Gasteiger charge is -2.26. The molecule has 2 aromatic rings. The van der Waals surface area contributed by atoms with Crippen LogP contribution in [0, 0.1) is 5.82 Å². The fraction of sp³-hybridized carbons (Fsp3) is 0.316. The van der Waals surface area contributed by atoms with Crippen molar-refractivity contribution in [3.05, 3.63) is 64.4 Å². The maximum Gasteiger partial charge on any atom is 0.254 e. The van der Waals surface area contributed by atoms with Crippen molar-refractivity contribution < 1.29 is 22.3 Å². The Morgan fingerprint density at radius 3 is 2.57 bits per heavy atom. The van der Waals surface area contributed by atoms with Crippen LogP contribution in [0.2, 0.25) is 5.02 Å². The lowest BCUT2D eigenvalue weighted by atomic mass is 10.1. The number of nitrogens with zero attached hydrogens (tertiary/aromatic N) is 1. The molecule has 150 valence electrons. The van der Waals surface area contributed by atoms with Crippen molar-refractivity contribution in [1.29, 1.82) is 0 Å². The fourth-order valence-corrected chi connectivity index (χ4v) is 4.69. The molecule has 1 amide bonds. The second kappa shape index (κ2) is 8.57. The second-order valence-corrected chi connectivity index (χ2v) is 8.72. The van der Waals surface area contributed by atoms with Gasteiger partial charge in [-0.05, 0) is 36.8 Å². The Labute approximate surface area is 168 Å². The van der Waals surface area contributed by atoms with Crippen molar-refractivity contribution >= 4 is 27.5 Å². The van der Waals surface area contributed by atoms with Gasteiger partial charge in [0.1, 0.15) is 5.82 Å². The van der Waals surface area contributed by atoms with E-state index in [4.69, 9.17) is 16.3 Å². The molecule has 0 radical (unpaired) electrons. The maximum absolute atomic E-state index is 14.3. The Bertz CT molecular complexity index is 978. The number of benzene rings is 2. The zero-order chi connectivity index (χ0) is 20.3. The molecule has 28 heavy (non-hydrogen) atoms. The number of hydrogen-bond acceptors (Lipinski definition) is 4. The first-order valence-electron chi connectivity index (χ1n) is 8.73. The zero-order valence-electron chi connectivity index (χ0n) is 15.2. The van der Waals surface area contributed by atoms with Crippen LogP contribution in [-0.4, -0.2) is 44.9 Å². The highest BCUT2D eigenvalue weighted by atomic mass is 35.5. The van der Waals surface area contributed by atoms with E-state index in [-0.39, 0.29) is 23.5 Å². The summed E-state index contributed by atoms with van der Waals surface area (Å²) in [6.45, 7) is 2.73. The first kappa shape index (κ1) is 20.7. The standard InChI is InChI=1S/C19H20ClFN2O4S/c1-13(15-4-2-3-5-17(15)20)22-19(24)16-12-14(6-7-18(16)21)28(25,26)23-8-10-27-11-9-23/h2-7,12-13H,8-11H2,1H3,(H,22,24). The number of ether oxygens (including phenoxy) is 1. The van der Waals surface area contributed by atoms with Crippen molar-refractivity contribution in [1.82, 2.24) is 9.62 Å². The van der Waals surface area contributed by atoms with Crippen LogP contribution in [0.25, 0.3) is 0 Å². The number of carbonyl (C=O) groups excluding carboxylic acids is 1. The summed E-state index contributed by atoms with van der Waals surface area (Å²) in [6, 6.07) is 9.71. The van der Waals surface area contributed by atoms with Crippen LogP contribution in [0.3, 0.4) is 0 Å². The van der Waals surface area contributed by atoms with E-state index in [0.29, 0.717) is 23.8 Å². The SMILES string of the molecule is CC(NC(=O)c1cc(S(=O)(=O)N2CCOCC2)ccc1F)c1ccccc1Cl. The minimum absolute atomic E-state index is 0.133.